The highest BCUT2D eigenvalue weighted by Gasteiger charge is 2.39. The van der Waals surface area contributed by atoms with E-state index >= 15 is 0 Å². The molecule has 5 atom stereocenters. The van der Waals surface area contributed by atoms with Gasteiger partial charge in [0.2, 0.25) is 5.95 Å². The molecule has 13 nitrogen and oxygen atoms in total. The first-order chi connectivity index (χ1) is 16.1. The summed E-state index contributed by atoms with van der Waals surface area (Å²) in [5.74, 6) is -1.02. The number of anilines is 1. The fraction of sp³-hybridized carbons (Fsp3) is 0.368. The van der Waals surface area contributed by atoms with Gasteiger partial charge >= 0.3 is 13.7 Å². The maximum absolute atomic E-state index is 13.3. The fourth-order valence-corrected chi connectivity index (χ4v) is 5.11. The van der Waals surface area contributed by atoms with E-state index in [4.69, 9.17) is 19.5 Å². The molecule has 5 N–H and O–H groups in total. The SMILES string of the molecule is C[C@H](NP(=O)(OC[C@H]1O[C@@H](n2cnc3c(S)nc(N)nc32)C[C@@H]1O)Oc1ccccc1)C(=O)O. The Morgan fingerprint density at radius 1 is 1.41 bits per heavy atom. The van der Waals surface area contributed by atoms with Crippen molar-refractivity contribution in [2.45, 2.75) is 42.8 Å². The fourth-order valence-electron chi connectivity index (χ4n) is 3.34. The first kappa shape index (κ1) is 24.4. The van der Waals surface area contributed by atoms with Crippen LogP contribution in [0.1, 0.15) is 19.6 Å². The standard InChI is InChI=1S/C19H23N6O7PS/c1-10(18(27)28)24-33(29,32-11-5-3-2-4-6-11)30-8-13-12(26)7-14(31-13)25-9-21-15-16(25)22-19(20)23-17(15)34/h2-6,9-10,12-14,26H,7-8H2,1H3,(H,24,29)(H,27,28)(H3,20,22,23,34)/t10-,12-,13+,14+,33?/m0/s1. The number of carboxylic acids is 1. The van der Waals surface area contributed by atoms with E-state index in [1.54, 1.807) is 34.9 Å². The second kappa shape index (κ2) is 9.86. The molecule has 0 bridgehead atoms. The molecule has 0 saturated carbocycles. The highest BCUT2D eigenvalue weighted by molar-refractivity contribution is 7.80. The molecule has 0 aliphatic carbocycles. The zero-order chi connectivity index (χ0) is 24.5. The number of aliphatic carboxylic acids is 1. The number of aliphatic hydroxyl groups excluding tert-OH is 1. The number of thiol groups is 1. The third-order valence-corrected chi connectivity index (χ3v) is 6.99. The van der Waals surface area contributed by atoms with Gasteiger partial charge in [-0.3, -0.25) is 13.9 Å². The monoisotopic (exact) mass is 510 g/mol. The van der Waals surface area contributed by atoms with Gasteiger partial charge in [-0.1, -0.05) is 18.2 Å². The normalized spacial score (nSPS) is 23.0. The molecule has 0 amide bonds. The summed E-state index contributed by atoms with van der Waals surface area (Å²) in [5, 5.41) is 22.4. The number of nitrogens with zero attached hydrogens (tertiary/aromatic N) is 4. The lowest BCUT2D eigenvalue weighted by atomic mass is 10.2. The van der Waals surface area contributed by atoms with Gasteiger partial charge in [0.05, 0.1) is 19.0 Å². The molecule has 3 aromatic rings. The van der Waals surface area contributed by atoms with Gasteiger partial charge in [0.15, 0.2) is 5.65 Å². The van der Waals surface area contributed by atoms with Crippen LogP contribution in [-0.2, 0) is 18.6 Å². The molecule has 34 heavy (non-hydrogen) atoms. The summed E-state index contributed by atoms with van der Waals surface area (Å²) in [6.45, 7) is 0.958. The van der Waals surface area contributed by atoms with Gasteiger partial charge in [0, 0.05) is 6.42 Å². The number of carboxylic acid groups (broad SMARTS) is 1. The molecule has 1 aliphatic heterocycles. The minimum Gasteiger partial charge on any atom is -0.480 e. The third-order valence-electron chi connectivity index (χ3n) is 5.03. The number of carbonyl (C=O) groups is 1. The van der Waals surface area contributed by atoms with Crippen molar-refractivity contribution in [1.82, 2.24) is 24.6 Å². The first-order valence-electron chi connectivity index (χ1n) is 10.2. The van der Waals surface area contributed by atoms with E-state index in [9.17, 15) is 19.6 Å². The Hall–Kier alpha value is -2.74. The van der Waals surface area contributed by atoms with Crippen LogP contribution in [0, 0.1) is 0 Å². The van der Waals surface area contributed by atoms with Crippen molar-refractivity contribution in [2.75, 3.05) is 12.3 Å². The summed E-state index contributed by atoms with van der Waals surface area (Å²) < 4.78 is 31.8. The van der Waals surface area contributed by atoms with Crippen molar-refractivity contribution in [3.8, 4) is 5.75 Å². The van der Waals surface area contributed by atoms with Gasteiger partial charge in [-0.2, -0.15) is 10.1 Å². The number of nitrogens with one attached hydrogen (secondary N) is 1. The molecule has 3 heterocycles. The lowest BCUT2D eigenvalue weighted by Crippen LogP contribution is -2.35. The summed E-state index contributed by atoms with van der Waals surface area (Å²) in [5.41, 5.74) is 6.51. The van der Waals surface area contributed by atoms with Crippen molar-refractivity contribution in [2.24, 2.45) is 0 Å². The van der Waals surface area contributed by atoms with Gasteiger partial charge in [0.1, 0.15) is 34.7 Å². The van der Waals surface area contributed by atoms with Gasteiger partial charge < -0.3 is 25.2 Å². The zero-order valence-electron chi connectivity index (χ0n) is 17.9. The van der Waals surface area contributed by atoms with Crippen LogP contribution in [0.2, 0.25) is 0 Å². The van der Waals surface area contributed by atoms with Crippen LogP contribution >= 0.6 is 20.4 Å². The lowest BCUT2D eigenvalue weighted by Gasteiger charge is -2.24. The van der Waals surface area contributed by atoms with Crippen molar-refractivity contribution in [3.05, 3.63) is 36.7 Å². The van der Waals surface area contributed by atoms with Crippen LogP contribution in [0.15, 0.2) is 41.7 Å². The van der Waals surface area contributed by atoms with Gasteiger partial charge in [-0.15, -0.1) is 12.6 Å². The van der Waals surface area contributed by atoms with E-state index in [0.717, 1.165) is 0 Å². The predicted octanol–water partition coefficient (Wildman–Crippen LogP) is 1.61. The Morgan fingerprint density at radius 2 is 2.15 bits per heavy atom. The molecule has 0 spiro atoms. The predicted molar refractivity (Wildman–Crippen MR) is 122 cm³/mol. The van der Waals surface area contributed by atoms with E-state index in [2.05, 4.69) is 32.7 Å². The number of rotatable bonds is 9. The molecule has 1 unspecified atom stereocenters. The number of imidazole rings is 1. The van der Waals surface area contributed by atoms with Crippen LogP contribution in [-0.4, -0.2) is 60.6 Å². The molecule has 1 fully saturated rings. The number of nitrogen functional groups attached to an aromatic ring is 1. The topological polar surface area (TPSA) is 184 Å². The van der Waals surface area contributed by atoms with Crippen molar-refractivity contribution in [1.29, 1.82) is 0 Å². The van der Waals surface area contributed by atoms with E-state index in [-0.39, 0.29) is 24.7 Å². The molecule has 2 aromatic heterocycles. The quantitative estimate of drug-likeness (QED) is 0.159. The summed E-state index contributed by atoms with van der Waals surface area (Å²) in [4.78, 5) is 23.6. The Morgan fingerprint density at radius 3 is 2.85 bits per heavy atom. The Labute approximate surface area is 199 Å². The Balaban J connectivity index is 1.49. The number of aromatic nitrogens is 4. The van der Waals surface area contributed by atoms with Crippen molar-refractivity contribution >= 4 is 43.5 Å². The van der Waals surface area contributed by atoms with Gasteiger partial charge in [-0.05, 0) is 19.1 Å². The van der Waals surface area contributed by atoms with E-state index in [1.807, 2.05) is 0 Å². The number of fused-ring (bicyclic) bond motifs is 1. The Bertz CT molecular complexity index is 1230. The van der Waals surface area contributed by atoms with Crippen molar-refractivity contribution < 1.29 is 33.4 Å². The maximum atomic E-state index is 13.3. The van der Waals surface area contributed by atoms with Crippen LogP contribution in [0.4, 0.5) is 5.95 Å². The molecule has 1 aromatic carbocycles. The van der Waals surface area contributed by atoms with Crippen LogP contribution in [0.5, 0.6) is 5.75 Å². The Kier molecular flexibility index (Phi) is 7.07. The molecule has 1 aliphatic rings. The molecule has 15 heteroatoms. The second-order valence-corrected chi connectivity index (χ2v) is 9.67. The number of hydrogen-bond donors (Lipinski definition) is 5. The van der Waals surface area contributed by atoms with Crippen LogP contribution < -0.4 is 15.3 Å². The van der Waals surface area contributed by atoms with E-state index in [0.29, 0.717) is 16.2 Å². The smallest absolute Gasteiger partial charge is 0.459 e. The minimum atomic E-state index is -4.15. The summed E-state index contributed by atoms with van der Waals surface area (Å²) >= 11 is 4.25. The van der Waals surface area contributed by atoms with E-state index < -0.39 is 38.2 Å². The van der Waals surface area contributed by atoms with Crippen LogP contribution in [0.25, 0.3) is 11.2 Å². The van der Waals surface area contributed by atoms with Gasteiger partial charge in [0.25, 0.3) is 0 Å². The summed E-state index contributed by atoms with van der Waals surface area (Å²) in [7, 11) is -4.15. The first-order valence-corrected chi connectivity index (χ1v) is 12.2. The lowest BCUT2D eigenvalue weighted by molar-refractivity contribution is -0.138. The maximum Gasteiger partial charge on any atom is 0.459 e. The summed E-state index contributed by atoms with van der Waals surface area (Å²) in [6.07, 6.45) is -0.922. The van der Waals surface area contributed by atoms with Crippen LogP contribution in [0.3, 0.4) is 0 Å². The molecule has 4 rings (SSSR count). The molecule has 182 valence electrons. The average molecular weight is 510 g/mol. The number of benzene rings is 1. The number of nitrogens with two attached hydrogens (primary N) is 1. The highest BCUT2D eigenvalue weighted by Crippen LogP contribution is 2.46. The van der Waals surface area contributed by atoms with Gasteiger partial charge in [-0.25, -0.2) is 14.5 Å². The molecule has 1 saturated heterocycles. The third kappa shape index (κ3) is 5.32. The number of hydrogen-bond acceptors (Lipinski definition) is 11. The largest absolute Gasteiger partial charge is 0.480 e. The van der Waals surface area contributed by atoms with E-state index in [1.165, 1.54) is 13.3 Å². The number of para-hydroxylation sites is 1. The highest BCUT2D eigenvalue weighted by atomic mass is 32.1. The molecular weight excluding hydrogens is 487 g/mol. The number of aliphatic hydroxyl groups is 1. The summed E-state index contributed by atoms with van der Waals surface area (Å²) in [6, 6.07) is 6.94. The molecular formula is C19H23N6O7PS. The number of ether oxygens (including phenoxy) is 1. The molecule has 0 radical (unpaired) electrons. The minimum absolute atomic E-state index is 0.00954. The second-order valence-electron chi connectivity index (χ2n) is 7.55. The average Bonchev–Trinajstić information content (AvgIpc) is 3.36. The van der Waals surface area contributed by atoms with Crippen molar-refractivity contribution in [3.63, 3.8) is 0 Å². The zero-order valence-corrected chi connectivity index (χ0v) is 19.7.